The van der Waals surface area contributed by atoms with Gasteiger partial charge in [-0.15, -0.1) is 5.10 Å². The molecule has 0 saturated carbocycles. The second-order valence-electron chi connectivity index (χ2n) is 1.75. The molecule has 0 aromatic carbocycles. The molecule has 0 unspecified atom stereocenters. The summed E-state index contributed by atoms with van der Waals surface area (Å²) in [5.41, 5.74) is 13.2. The first-order chi connectivity index (χ1) is 5.16. The Morgan fingerprint density at radius 1 is 1.36 bits per heavy atom. The molecular weight excluding hydrogens is 144 g/mol. The fraction of sp³-hybridized carbons (Fsp3) is 0.400. The van der Waals surface area contributed by atoms with E-state index in [9.17, 15) is 0 Å². The summed E-state index contributed by atoms with van der Waals surface area (Å²) >= 11 is 0. The number of nitrogens with zero attached hydrogens (tertiary/aromatic N) is 3. The number of hydrogen-bond acceptors (Lipinski definition) is 4. The van der Waals surface area contributed by atoms with E-state index in [0.717, 1.165) is 0 Å². The van der Waals surface area contributed by atoms with Crippen molar-refractivity contribution in [3.63, 3.8) is 0 Å². The molecule has 6 heteroatoms. The van der Waals surface area contributed by atoms with Crippen LogP contribution in [0.2, 0.25) is 0 Å². The standard InChI is InChI=1S/C5H12N6/c1-4(3-9-8-2)10-11-5(6)7/h3,8H,1-2H3,(H4,6,7,11)/b9-3+,10-4+. The van der Waals surface area contributed by atoms with Crippen LogP contribution in [0.3, 0.4) is 0 Å². The molecule has 0 spiro atoms. The minimum Gasteiger partial charge on any atom is -0.369 e. The van der Waals surface area contributed by atoms with E-state index < -0.39 is 0 Å². The van der Waals surface area contributed by atoms with Crippen molar-refractivity contribution in [3.8, 4) is 0 Å². The summed E-state index contributed by atoms with van der Waals surface area (Å²) in [4.78, 5) is 0. The molecular formula is C5H12N6. The SMILES string of the molecule is CN/N=C/C(C)=N/N=C(N)N. The number of nitrogens with two attached hydrogens (primary N) is 2. The molecule has 11 heavy (non-hydrogen) atoms. The summed E-state index contributed by atoms with van der Waals surface area (Å²) in [6.07, 6.45) is 1.51. The van der Waals surface area contributed by atoms with E-state index >= 15 is 0 Å². The van der Waals surface area contributed by atoms with E-state index in [1.807, 2.05) is 0 Å². The quantitative estimate of drug-likeness (QED) is 0.273. The number of hydrazone groups is 1. The molecule has 0 heterocycles. The maximum atomic E-state index is 5.03. The van der Waals surface area contributed by atoms with E-state index in [1.54, 1.807) is 14.0 Å². The van der Waals surface area contributed by atoms with Crippen LogP contribution in [-0.4, -0.2) is 24.9 Å². The lowest BCUT2D eigenvalue weighted by molar-refractivity contribution is 0.909. The van der Waals surface area contributed by atoms with Crippen LogP contribution in [0.4, 0.5) is 0 Å². The first kappa shape index (κ1) is 9.41. The van der Waals surface area contributed by atoms with Gasteiger partial charge < -0.3 is 16.9 Å². The van der Waals surface area contributed by atoms with Gasteiger partial charge in [0.1, 0.15) is 0 Å². The average Bonchev–Trinajstić information content (AvgIpc) is 1.97. The largest absolute Gasteiger partial charge is 0.369 e. The van der Waals surface area contributed by atoms with Crippen molar-refractivity contribution < 1.29 is 0 Å². The Morgan fingerprint density at radius 2 is 2.00 bits per heavy atom. The maximum absolute atomic E-state index is 5.03. The number of rotatable bonds is 3. The van der Waals surface area contributed by atoms with Crippen LogP contribution in [0.1, 0.15) is 6.92 Å². The van der Waals surface area contributed by atoms with E-state index in [-0.39, 0.29) is 5.96 Å². The lowest BCUT2D eigenvalue weighted by Gasteiger charge is -1.87. The lowest BCUT2D eigenvalue weighted by atomic mass is 10.5. The highest BCUT2D eigenvalue weighted by atomic mass is 15.3. The van der Waals surface area contributed by atoms with Gasteiger partial charge in [-0.25, -0.2) is 0 Å². The summed E-state index contributed by atoms with van der Waals surface area (Å²) < 4.78 is 0. The van der Waals surface area contributed by atoms with Crippen molar-refractivity contribution in [1.29, 1.82) is 0 Å². The van der Waals surface area contributed by atoms with Crippen LogP contribution in [0.15, 0.2) is 15.3 Å². The van der Waals surface area contributed by atoms with Gasteiger partial charge in [0, 0.05) is 7.05 Å². The highest BCUT2D eigenvalue weighted by Crippen LogP contribution is 1.74. The molecule has 0 aliphatic carbocycles. The van der Waals surface area contributed by atoms with Gasteiger partial charge >= 0.3 is 0 Å². The highest BCUT2D eigenvalue weighted by Gasteiger charge is 1.81. The Kier molecular flexibility index (Phi) is 4.46. The van der Waals surface area contributed by atoms with Crippen molar-refractivity contribution in [2.24, 2.45) is 26.8 Å². The van der Waals surface area contributed by atoms with Gasteiger partial charge in [0.15, 0.2) is 0 Å². The van der Waals surface area contributed by atoms with E-state index in [1.165, 1.54) is 6.21 Å². The van der Waals surface area contributed by atoms with Gasteiger partial charge in [-0.05, 0) is 6.92 Å². The minimum atomic E-state index is -0.0674. The Hall–Kier alpha value is -1.59. The first-order valence-electron chi connectivity index (χ1n) is 3.00. The predicted octanol–water partition coefficient (Wildman–Crippen LogP) is -1.16. The molecule has 0 radical (unpaired) electrons. The molecule has 0 fully saturated rings. The molecule has 0 rings (SSSR count). The van der Waals surface area contributed by atoms with Crippen LogP contribution in [0, 0.1) is 0 Å². The molecule has 0 aromatic rings. The normalized spacial score (nSPS) is 11.6. The summed E-state index contributed by atoms with van der Waals surface area (Å²) in [5, 5.41) is 10.7. The fourth-order valence-electron chi connectivity index (χ4n) is 0.320. The number of hydrogen-bond donors (Lipinski definition) is 3. The molecule has 0 aliphatic rings. The average molecular weight is 156 g/mol. The molecule has 62 valence electrons. The third-order valence-corrected chi connectivity index (χ3v) is 0.704. The minimum absolute atomic E-state index is 0.0674. The van der Waals surface area contributed by atoms with Crippen LogP contribution < -0.4 is 16.9 Å². The predicted molar refractivity (Wildman–Crippen MR) is 46.5 cm³/mol. The third kappa shape index (κ3) is 6.29. The molecule has 0 aromatic heterocycles. The monoisotopic (exact) mass is 156 g/mol. The Morgan fingerprint density at radius 3 is 2.45 bits per heavy atom. The fourth-order valence-corrected chi connectivity index (χ4v) is 0.320. The van der Waals surface area contributed by atoms with Crippen molar-refractivity contribution in [3.05, 3.63) is 0 Å². The molecule has 6 nitrogen and oxygen atoms in total. The Balaban J connectivity index is 4.01. The number of nitrogens with one attached hydrogen (secondary N) is 1. The van der Waals surface area contributed by atoms with Crippen LogP contribution >= 0.6 is 0 Å². The molecule has 0 bridgehead atoms. The zero-order valence-corrected chi connectivity index (χ0v) is 6.57. The second kappa shape index (κ2) is 5.21. The van der Waals surface area contributed by atoms with Gasteiger partial charge in [-0.1, -0.05) is 0 Å². The van der Waals surface area contributed by atoms with Gasteiger partial charge in [-0.3, -0.25) is 0 Å². The van der Waals surface area contributed by atoms with Crippen molar-refractivity contribution in [2.45, 2.75) is 6.92 Å². The topological polar surface area (TPSA) is 101 Å². The van der Waals surface area contributed by atoms with Gasteiger partial charge in [-0.2, -0.15) is 10.2 Å². The summed E-state index contributed by atoms with van der Waals surface area (Å²) in [7, 11) is 1.68. The third-order valence-electron chi connectivity index (χ3n) is 0.704. The zero-order chi connectivity index (χ0) is 8.69. The Labute approximate surface area is 65.1 Å². The maximum Gasteiger partial charge on any atom is 0.211 e. The molecule has 0 atom stereocenters. The smallest absolute Gasteiger partial charge is 0.211 e. The van der Waals surface area contributed by atoms with Crippen LogP contribution in [-0.2, 0) is 0 Å². The van der Waals surface area contributed by atoms with Crippen LogP contribution in [0.25, 0.3) is 0 Å². The van der Waals surface area contributed by atoms with E-state index in [0.29, 0.717) is 5.71 Å². The number of guanidine groups is 1. The van der Waals surface area contributed by atoms with Crippen LogP contribution in [0.5, 0.6) is 0 Å². The van der Waals surface area contributed by atoms with E-state index in [2.05, 4.69) is 20.7 Å². The van der Waals surface area contributed by atoms with Crippen molar-refractivity contribution >= 4 is 17.9 Å². The molecule has 0 amide bonds. The van der Waals surface area contributed by atoms with Gasteiger partial charge in [0.05, 0.1) is 11.9 Å². The molecule has 5 N–H and O–H groups in total. The molecule has 0 aliphatic heterocycles. The summed E-state index contributed by atoms with van der Waals surface area (Å²) in [6, 6.07) is 0. The first-order valence-corrected chi connectivity index (χ1v) is 3.00. The summed E-state index contributed by atoms with van der Waals surface area (Å²) in [5.74, 6) is -0.0674. The zero-order valence-electron chi connectivity index (χ0n) is 6.57. The Bertz CT molecular complexity index is 187. The second-order valence-corrected chi connectivity index (χ2v) is 1.75. The van der Waals surface area contributed by atoms with E-state index in [4.69, 9.17) is 11.5 Å². The van der Waals surface area contributed by atoms with Crippen molar-refractivity contribution in [1.82, 2.24) is 5.43 Å². The van der Waals surface area contributed by atoms with Crippen molar-refractivity contribution in [2.75, 3.05) is 7.05 Å². The van der Waals surface area contributed by atoms with Gasteiger partial charge in [0.2, 0.25) is 5.96 Å². The highest BCUT2D eigenvalue weighted by molar-refractivity contribution is 6.29. The summed E-state index contributed by atoms with van der Waals surface area (Å²) in [6.45, 7) is 1.73. The van der Waals surface area contributed by atoms with Gasteiger partial charge in [0.25, 0.3) is 0 Å². The lowest BCUT2D eigenvalue weighted by Crippen LogP contribution is -2.22. The molecule has 0 saturated heterocycles.